The lowest BCUT2D eigenvalue weighted by atomic mass is 10.3. The van der Waals surface area contributed by atoms with Crippen molar-refractivity contribution in [2.45, 2.75) is 6.54 Å². The third-order valence-corrected chi connectivity index (χ3v) is 1.23. The van der Waals surface area contributed by atoms with Crippen LogP contribution in [0.1, 0.15) is 10.4 Å². The van der Waals surface area contributed by atoms with E-state index >= 15 is 0 Å². The molecule has 0 saturated heterocycles. The van der Waals surface area contributed by atoms with E-state index < -0.39 is 12.6 Å². The average Bonchev–Trinajstić information content (AvgIpc) is 2.37. The minimum absolute atomic E-state index is 0.160. The van der Waals surface area contributed by atoms with E-state index in [0.29, 0.717) is 5.56 Å². The summed E-state index contributed by atoms with van der Waals surface area (Å²) in [6.07, 6.45) is 2.74. The van der Waals surface area contributed by atoms with Gasteiger partial charge in [-0.2, -0.15) is 5.10 Å². The SMILES string of the molecule is NC(=O)c1cnn(CCF)c1. The molecule has 5 heteroatoms. The Morgan fingerprint density at radius 2 is 2.55 bits per heavy atom. The molecule has 0 saturated carbocycles. The fraction of sp³-hybridized carbons (Fsp3) is 0.333. The average molecular weight is 157 g/mol. The smallest absolute Gasteiger partial charge is 0.251 e. The van der Waals surface area contributed by atoms with Gasteiger partial charge in [0.25, 0.3) is 5.91 Å². The van der Waals surface area contributed by atoms with Crippen LogP contribution in [-0.4, -0.2) is 22.4 Å². The Kier molecular flexibility index (Phi) is 2.20. The van der Waals surface area contributed by atoms with Gasteiger partial charge in [-0.3, -0.25) is 9.48 Å². The van der Waals surface area contributed by atoms with Crippen LogP contribution in [0.4, 0.5) is 4.39 Å². The number of carbonyl (C=O) groups is 1. The van der Waals surface area contributed by atoms with E-state index in [1.54, 1.807) is 0 Å². The van der Waals surface area contributed by atoms with Crippen LogP contribution in [0.3, 0.4) is 0 Å². The zero-order valence-electron chi connectivity index (χ0n) is 5.83. The summed E-state index contributed by atoms with van der Waals surface area (Å²) >= 11 is 0. The summed E-state index contributed by atoms with van der Waals surface area (Å²) in [6.45, 7) is -0.340. The van der Waals surface area contributed by atoms with Crippen LogP contribution in [0.5, 0.6) is 0 Å². The lowest BCUT2D eigenvalue weighted by Crippen LogP contribution is -2.09. The number of nitrogens with zero attached hydrogens (tertiary/aromatic N) is 2. The summed E-state index contributed by atoms with van der Waals surface area (Å²) in [5.41, 5.74) is 5.24. The summed E-state index contributed by atoms with van der Waals surface area (Å²) in [4.78, 5) is 10.5. The molecule has 0 aromatic carbocycles. The molecule has 0 radical (unpaired) electrons. The number of primary amides is 1. The number of hydrogen-bond donors (Lipinski definition) is 1. The highest BCUT2D eigenvalue weighted by atomic mass is 19.1. The zero-order chi connectivity index (χ0) is 8.27. The van der Waals surface area contributed by atoms with E-state index in [4.69, 9.17) is 5.73 Å². The number of amides is 1. The van der Waals surface area contributed by atoms with Gasteiger partial charge in [-0.25, -0.2) is 4.39 Å². The van der Waals surface area contributed by atoms with Gasteiger partial charge in [-0.1, -0.05) is 0 Å². The molecule has 0 atom stereocenters. The van der Waals surface area contributed by atoms with Gasteiger partial charge < -0.3 is 5.73 Å². The number of aryl methyl sites for hydroxylation is 1. The van der Waals surface area contributed by atoms with E-state index in [9.17, 15) is 9.18 Å². The molecule has 0 spiro atoms. The normalized spacial score (nSPS) is 9.91. The number of nitrogens with two attached hydrogens (primary N) is 1. The van der Waals surface area contributed by atoms with Gasteiger partial charge in [0.05, 0.1) is 18.3 Å². The summed E-state index contributed by atoms with van der Waals surface area (Å²) < 4.78 is 13.0. The highest BCUT2D eigenvalue weighted by molar-refractivity contribution is 5.92. The largest absolute Gasteiger partial charge is 0.366 e. The maximum absolute atomic E-state index is 11.7. The molecular weight excluding hydrogens is 149 g/mol. The van der Waals surface area contributed by atoms with Crippen LogP contribution < -0.4 is 5.73 Å². The molecule has 1 aromatic heterocycles. The third kappa shape index (κ3) is 1.76. The van der Waals surface area contributed by atoms with Crippen molar-refractivity contribution >= 4 is 5.91 Å². The number of hydrogen-bond acceptors (Lipinski definition) is 2. The monoisotopic (exact) mass is 157 g/mol. The lowest BCUT2D eigenvalue weighted by Gasteiger charge is -1.92. The minimum atomic E-state index is -0.546. The summed E-state index contributed by atoms with van der Waals surface area (Å²) in [7, 11) is 0. The van der Waals surface area contributed by atoms with Crippen molar-refractivity contribution in [2.24, 2.45) is 5.73 Å². The Hall–Kier alpha value is -1.39. The Morgan fingerprint density at radius 1 is 1.82 bits per heavy atom. The molecule has 60 valence electrons. The summed E-state index contributed by atoms with van der Waals surface area (Å²) in [6, 6.07) is 0. The van der Waals surface area contributed by atoms with Gasteiger partial charge in [0, 0.05) is 6.20 Å². The number of carbonyl (C=O) groups excluding carboxylic acids is 1. The second kappa shape index (κ2) is 3.14. The van der Waals surface area contributed by atoms with Crippen molar-refractivity contribution in [3.63, 3.8) is 0 Å². The second-order valence-electron chi connectivity index (χ2n) is 2.05. The third-order valence-electron chi connectivity index (χ3n) is 1.23. The van der Waals surface area contributed by atoms with Crippen LogP contribution >= 0.6 is 0 Å². The van der Waals surface area contributed by atoms with Crippen LogP contribution in [0.2, 0.25) is 0 Å². The zero-order valence-corrected chi connectivity index (χ0v) is 5.83. The topological polar surface area (TPSA) is 60.9 Å². The molecule has 0 aliphatic heterocycles. The van der Waals surface area contributed by atoms with Crippen molar-refractivity contribution in [2.75, 3.05) is 6.67 Å². The highest BCUT2D eigenvalue weighted by Gasteiger charge is 2.02. The van der Waals surface area contributed by atoms with Gasteiger partial charge in [0.1, 0.15) is 6.67 Å². The Labute approximate surface area is 62.8 Å². The van der Waals surface area contributed by atoms with Crippen molar-refractivity contribution in [1.29, 1.82) is 0 Å². The van der Waals surface area contributed by atoms with Crippen molar-refractivity contribution in [3.05, 3.63) is 18.0 Å². The molecule has 0 bridgehead atoms. The molecule has 0 fully saturated rings. The van der Waals surface area contributed by atoms with Gasteiger partial charge >= 0.3 is 0 Å². The highest BCUT2D eigenvalue weighted by Crippen LogP contribution is 1.95. The molecule has 1 aromatic rings. The first kappa shape index (κ1) is 7.71. The van der Waals surface area contributed by atoms with Crippen LogP contribution in [0, 0.1) is 0 Å². The van der Waals surface area contributed by atoms with Crippen molar-refractivity contribution in [3.8, 4) is 0 Å². The predicted molar refractivity (Wildman–Crippen MR) is 36.7 cm³/mol. The Bertz CT molecular complexity index is 258. The molecule has 0 aliphatic rings. The first-order chi connectivity index (χ1) is 5.24. The van der Waals surface area contributed by atoms with E-state index in [1.165, 1.54) is 17.1 Å². The van der Waals surface area contributed by atoms with Gasteiger partial charge in [0.15, 0.2) is 0 Å². The van der Waals surface area contributed by atoms with E-state index in [2.05, 4.69) is 5.10 Å². The van der Waals surface area contributed by atoms with Crippen LogP contribution in [0.15, 0.2) is 12.4 Å². The number of aromatic nitrogens is 2. The molecule has 4 nitrogen and oxygen atoms in total. The molecular formula is C6H8FN3O. The van der Waals surface area contributed by atoms with E-state index in [0.717, 1.165) is 0 Å². The fourth-order valence-corrected chi connectivity index (χ4v) is 0.700. The summed E-state index contributed by atoms with van der Waals surface area (Å²) in [5.74, 6) is -0.546. The second-order valence-corrected chi connectivity index (χ2v) is 2.05. The number of rotatable bonds is 3. The first-order valence-electron chi connectivity index (χ1n) is 3.12. The van der Waals surface area contributed by atoms with E-state index in [1.807, 2.05) is 0 Å². The van der Waals surface area contributed by atoms with Gasteiger partial charge in [-0.15, -0.1) is 0 Å². The number of alkyl halides is 1. The fourth-order valence-electron chi connectivity index (χ4n) is 0.700. The maximum atomic E-state index is 11.7. The van der Waals surface area contributed by atoms with Crippen LogP contribution in [-0.2, 0) is 6.54 Å². The van der Waals surface area contributed by atoms with Gasteiger partial charge in [-0.05, 0) is 0 Å². The van der Waals surface area contributed by atoms with Crippen molar-refractivity contribution < 1.29 is 9.18 Å². The molecule has 0 unspecified atom stereocenters. The van der Waals surface area contributed by atoms with Gasteiger partial charge in [0.2, 0.25) is 0 Å². The summed E-state index contributed by atoms with van der Waals surface area (Å²) in [5, 5.41) is 3.70. The molecule has 1 rings (SSSR count). The molecule has 11 heavy (non-hydrogen) atoms. The minimum Gasteiger partial charge on any atom is -0.366 e. The first-order valence-corrected chi connectivity index (χ1v) is 3.12. The maximum Gasteiger partial charge on any atom is 0.251 e. The van der Waals surface area contributed by atoms with Crippen molar-refractivity contribution in [1.82, 2.24) is 9.78 Å². The molecule has 0 aliphatic carbocycles. The Morgan fingerprint density at radius 3 is 3.00 bits per heavy atom. The molecule has 1 heterocycles. The molecule has 1 amide bonds. The van der Waals surface area contributed by atoms with E-state index in [-0.39, 0.29) is 6.54 Å². The van der Waals surface area contributed by atoms with Crippen LogP contribution in [0.25, 0.3) is 0 Å². The Balaban J connectivity index is 2.73. The molecule has 2 N–H and O–H groups in total. The quantitative estimate of drug-likeness (QED) is 0.668. The lowest BCUT2D eigenvalue weighted by molar-refractivity contribution is 0.1000. The predicted octanol–water partition coefficient (Wildman–Crippen LogP) is -0.0485. The standard InChI is InChI=1S/C6H8FN3O/c7-1-2-10-4-5(3-9-10)6(8)11/h3-4H,1-2H2,(H2,8,11). The number of halogens is 1.